The maximum absolute atomic E-state index is 2.50. The molecule has 0 bridgehead atoms. The lowest BCUT2D eigenvalue weighted by atomic mass is 9.99. The largest absolute Gasteiger partial charge is 0.309 e. The summed E-state index contributed by atoms with van der Waals surface area (Å²) in [5.41, 5.74) is 9.72. The van der Waals surface area contributed by atoms with Crippen molar-refractivity contribution in [1.29, 1.82) is 0 Å². The third-order valence-corrected chi connectivity index (χ3v) is 13.9. The summed E-state index contributed by atoms with van der Waals surface area (Å²) in [7, 11) is 0. The van der Waals surface area contributed by atoms with Gasteiger partial charge in [-0.25, -0.2) is 0 Å². The Balaban J connectivity index is 0.976. The molecule has 0 aliphatic carbocycles. The zero-order valence-electron chi connectivity index (χ0n) is 30.0. The molecule has 2 nitrogen and oxygen atoms in total. The number of hydrogen-bond donors (Lipinski definition) is 0. The van der Waals surface area contributed by atoms with Gasteiger partial charge in [0.2, 0.25) is 0 Å². The molecule has 13 rings (SSSR count). The minimum absolute atomic E-state index is 1.16. The molecule has 13 aromatic rings. The van der Waals surface area contributed by atoms with E-state index in [9.17, 15) is 0 Å². The van der Waals surface area contributed by atoms with E-state index in [1.807, 2.05) is 22.7 Å². The molecule has 56 heavy (non-hydrogen) atoms. The third-order valence-electron chi connectivity index (χ3n) is 12.0. The number of thiophene rings is 2. The number of hydrogen-bond acceptors (Lipinski definition) is 2. The van der Waals surface area contributed by atoms with E-state index >= 15 is 0 Å². The predicted molar refractivity (Wildman–Crippen MR) is 244 cm³/mol. The monoisotopic (exact) mass is 746 g/mol. The highest BCUT2D eigenvalue weighted by Crippen LogP contribution is 2.46. The summed E-state index contributed by atoms with van der Waals surface area (Å²) >= 11 is 3.65. The van der Waals surface area contributed by atoms with Crippen LogP contribution in [0.2, 0.25) is 0 Å². The minimum atomic E-state index is 1.16. The van der Waals surface area contributed by atoms with Gasteiger partial charge in [-0.3, -0.25) is 0 Å². The van der Waals surface area contributed by atoms with Gasteiger partial charge in [-0.05, 0) is 109 Å². The van der Waals surface area contributed by atoms with Gasteiger partial charge in [0.25, 0.3) is 0 Å². The minimum Gasteiger partial charge on any atom is -0.309 e. The zero-order chi connectivity index (χ0) is 36.5. The van der Waals surface area contributed by atoms with Crippen molar-refractivity contribution in [3.63, 3.8) is 0 Å². The fraction of sp³-hybridized carbons (Fsp3) is 0. The van der Waals surface area contributed by atoms with Gasteiger partial charge in [-0.1, -0.05) is 109 Å². The summed E-state index contributed by atoms with van der Waals surface area (Å²) < 4.78 is 7.61. The molecule has 0 radical (unpaired) electrons. The Hall–Kier alpha value is -6.72. The number of rotatable bonds is 3. The van der Waals surface area contributed by atoms with Crippen LogP contribution in [0.15, 0.2) is 181 Å². The molecular formula is C52H30N2S2. The highest BCUT2D eigenvalue weighted by atomic mass is 32.1. The summed E-state index contributed by atoms with van der Waals surface area (Å²) in [6.07, 6.45) is 0. The van der Waals surface area contributed by atoms with Gasteiger partial charge in [0.1, 0.15) is 0 Å². The van der Waals surface area contributed by atoms with Gasteiger partial charge in [0.05, 0.1) is 22.1 Å². The third kappa shape index (κ3) is 4.15. The first kappa shape index (κ1) is 30.6. The Kier molecular flexibility index (Phi) is 6.23. The molecule has 0 unspecified atom stereocenters. The summed E-state index contributed by atoms with van der Waals surface area (Å²) in [4.78, 5) is 0. The van der Waals surface area contributed by atoms with Crippen LogP contribution in [0.25, 0.3) is 119 Å². The first-order chi connectivity index (χ1) is 27.8. The van der Waals surface area contributed by atoms with Crippen LogP contribution in [0, 0.1) is 0 Å². The van der Waals surface area contributed by atoms with E-state index in [1.165, 1.54) is 113 Å². The normalized spacial score (nSPS) is 12.3. The quantitative estimate of drug-likeness (QED) is 0.170. The van der Waals surface area contributed by atoms with Gasteiger partial charge in [0.15, 0.2) is 0 Å². The molecule has 0 aliphatic heterocycles. The van der Waals surface area contributed by atoms with Crippen molar-refractivity contribution in [2.45, 2.75) is 0 Å². The van der Waals surface area contributed by atoms with E-state index in [-0.39, 0.29) is 0 Å². The zero-order valence-corrected chi connectivity index (χ0v) is 31.7. The molecule has 0 spiro atoms. The lowest BCUT2D eigenvalue weighted by Crippen LogP contribution is -1.95. The maximum Gasteiger partial charge on any atom is 0.0626 e. The Morgan fingerprint density at radius 3 is 1.64 bits per heavy atom. The van der Waals surface area contributed by atoms with Gasteiger partial charge in [-0.15, -0.1) is 22.7 Å². The first-order valence-electron chi connectivity index (χ1n) is 19.1. The van der Waals surface area contributed by atoms with Crippen LogP contribution in [-0.4, -0.2) is 9.13 Å². The van der Waals surface area contributed by atoms with Gasteiger partial charge < -0.3 is 9.13 Å². The number of benzene rings is 9. The molecule has 4 heterocycles. The molecule has 0 N–H and O–H groups in total. The Labute approximate surface area is 329 Å². The van der Waals surface area contributed by atoms with E-state index in [0.717, 1.165) is 5.69 Å². The Morgan fingerprint density at radius 2 is 0.929 bits per heavy atom. The fourth-order valence-corrected chi connectivity index (χ4v) is 11.3. The summed E-state index contributed by atoms with van der Waals surface area (Å²) in [5.74, 6) is 0. The van der Waals surface area contributed by atoms with Crippen LogP contribution in [-0.2, 0) is 0 Å². The van der Waals surface area contributed by atoms with Crippen LogP contribution in [0.1, 0.15) is 0 Å². The molecule has 0 atom stereocenters. The van der Waals surface area contributed by atoms with Gasteiger partial charge in [-0.2, -0.15) is 0 Å². The topological polar surface area (TPSA) is 9.86 Å². The molecule has 9 aromatic carbocycles. The molecular weight excluding hydrogens is 717 g/mol. The van der Waals surface area contributed by atoms with Crippen molar-refractivity contribution in [3.05, 3.63) is 181 Å². The molecule has 0 fully saturated rings. The van der Waals surface area contributed by atoms with Crippen molar-refractivity contribution in [1.82, 2.24) is 9.13 Å². The number of aromatic nitrogens is 2. The van der Waals surface area contributed by atoms with Gasteiger partial charge >= 0.3 is 0 Å². The van der Waals surface area contributed by atoms with Crippen LogP contribution in [0.5, 0.6) is 0 Å². The van der Waals surface area contributed by atoms with E-state index < -0.39 is 0 Å². The first-order valence-corrected chi connectivity index (χ1v) is 20.8. The smallest absolute Gasteiger partial charge is 0.0626 e. The molecule has 0 saturated carbocycles. The highest BCUT2D eigenvalue weighted by molar-refractivity contribution is 7.18. The lowest BCUT2D eigenvalue weighted by Gasteiger charge is -2.12. The van der Waals surface area contributed by atoms with Crippen molar-refractivity contribution in [2.75, 3.05) is 0 Å². The van der Waals surface area contributed by atoms with E-state index in [0.29, 0.717) is 0 Å². The van der Waals surface area contributed by atoms with Crippen molar-refractivity contribution in [2.24, 2.45) is 0 Å². The second-order valence-corrected chi connectivity index (χ2v) is 16.8. The predicted octanol–water partition coefficient (Wildman–Crippen LogP) is 15.4. The second kappa shape index (κ2) is 11.4. The molecule has 4 aromatic heterocycles. The van der Waals surface area contributed by atoms with Crippen LogP contribution < -0.4 is 0 Å². The summed E-state index contributed by atoms with van der Waals surface area (Å²) in [6.45, 7) is 0. The van der Waals surface area contributed by atoms with Crippen molar-refractivity contribution < 1.29 is 0 Å². The van der Waals surface area contributed by atoms with Crippen molar-refractivity contribution >= 4 is 119 Å². The van der Waals surface area contributed by atoms with Crippen molar-refractivity contribution in [3.8, 4) is 22.5 Å². The number of fused-ring (bicyclic) bond motifs is 16. The second-order valence-electron chi connectivity index (χ2n) is 14.9. The molecule has 0 amide bonds. The fourth-order valence-electron chi connectivity index (χ4n) is 9.57. The van der Waals surface area contributed by atoms with E-state index in [4.69, 9.17) is 0 Å². The SMILES string of the molecule is c1ccc2c(c1)ccc1c2c2cc3ccsc3cc2n1-c1ccc(-c2ccc(-n3c4ccc5ccccc5c4c4c5ccsc5c5ccccc5c43)cc2)cc1. The average Bonchev–Trinajstić information content (AvgIpc) is 4.06. The Bertz CT molecular complexity index is 3740. The summed E-state index contributed by atoms with van der Waals surface area (Å²) in [5, 5.41) is 20.1. The van der Waals surface area contributed by atoms with Crippen LogP contribution in [0.4, 0.5) is 0 Å². The number of nitrogens with zero attached hydrogens (tertiary/aromatic N) is 2. The highest BCUT2D eigenvalue weighted by Gasteiger charge is 2.21. The van der Waals surface area contributed by atoms with E-state index in [2.05, 4.69) is 190 Å². The summed E-state index contributed by atoms with van der Waals surface area (Å²) in [6, 6.07) is 63.3. The molecule has 0 saturated heterocycles. The van der Waals surface area contributed by atoms with Gasteiger partial charge in [0, 0.05) is 58.5 Å². The van der Waals surface area contributed by atoms with E-state index in [1.54, 1.807) is 0 Å². The van der Waals surface area contributed by atoms with Crippen LogP contribution in [0.3, 0.4) is 0 Å². The maximum atomic E-state index is 2.50. The molecule has 260 valence electrons. The lowest BCUT2D eigenvalue weighted by molar-refractivity contribution is 1.18. The van der Waals surface area contributed by atoms with Crippen LogP contribution >= 0.6 is 22.7 Å². The molecule has 4 heteroatoms. The average molecular weight is 747 g/mol. The molecule has 0 aliphatic rings. The standard InChI is InChI=1S/C52H30N2S2/c1-3-9-38-33(7-1)17-23-44-48(38)43-29-35-25-27-55-47(35)30-46(43)53(44)36-19-13-31(14-20-36)32-15-21-37(22-16-32)54-45-24-18-34-8-2-4-10-39(34)49(45)50-42-26-28-56-52(42)41-12-6-5-11-40(41)51(50)54/h1-30H. The Morgan fingerprint density at radius 1 is 0.339 bits per heavy atom.